The van der Waals surface area contributed by atoms with Crippen molar-refractivity contribution in [1.29, 1.82) is 0 Å². The average Bonchev–Trinajstić information content (AvgIpc) is 2.48. The summed E-state index contributed by atoms with van der Waals surface area (Å²) in [5.41, 5.74) is 11.0. The van der Waals surface area contributed by atoms with E-state index in [1.165, 1.54) is 22.4 Å². The van der Waals surface area contributed by atoms with E-state index in [1.807, 2.05) is 0 Å². The highest BCUT2D eigenvalue weighted by atomic mass is 15.1. The highest BCUT2D eigenvalue weighted by Crippen LogP contribution is 2.21. The quantitative estimate of drug-likeness (QED) is 0.868. The van der Waals surface area contributed by atoms with E-state index in [2.05, 4.69) is 67.4 Å². The molecule has 2 heteroatoms. The van der Waals surface area contributed by atoms with E-state index in [-0.39, 0.29) is 0 Å². The number of nitrogens with two attached hydrogens (primary N) is 1. The van der Waals surface area contributed by atoms with Crippen molar-refractivity contribution in [3.8, 4) is 0 Å². The van der Waals surface area contributed by atoms with Crippen molar-refractivity contribution < 1.29 is 0 Å². The van der Waals surface area contributed by atoms with E-state index in [1.54, 1.807) is 0 Å². The van der Waals surface area contributed by atoms with Gasteiger partial charge in [-0.2, -0.15) is 0 Å². The third kappa shape index (κ3) is 3.84. The van der Waals surface area contributed by atoms with Gasteiger partial charge in [0, 0.05) is 25.8 Å². The van der Waals surface area contributed by atoms with Gasteiger partial charge in [0.2, 0.25) is 0 Å². The first-order chi connectivity index (χ1) is 9.70. The molecular formula is C18H24N2. The summed E-state index contributed by atoms with van der Waals surface area (Å²) < 4.78 is 0. The van der Waals surface area contributed by atoms with Crippen molar-refractivity contribution in [2.24, 2.45) is 5.73 Å². The standard InChI is InChI=1S/C18H24N2/c1-15-10-11-17(14-19)18(13-15)20(2)12-6-9-16-7-4-3-5-8-16/h3-5,7-8,10-11,13H,6,9,12,14,19H2,1-2H3. The van der Waals surface area contributed by atoms with Crippen LogP contribution >= 0.6 is 0 Å². The van der Waals surface area contributed by atoms with Gasteiger partial charge in [0.1, 0.15) is 0 Å². The lowest BCUT2D eigenvalue weighted by molar-refractivity contribution is 0.781. The fraction of sp³-hybridized carbons (Fsp3) is 0.333. The molecular weight excluding hydrogens is 244 g/mol. The Kier molecular flexibility index (Phi) is 5.19. The number of nitrogens with zero attached hydrogens (tertiary/aromatic N) is 1. The largest absolute Gasteiger partial charge is 0.374 e. The number of aryl methyl sites for hydroxylation is 2. The molecule has 20 heavy (non-hydrogen) atoms. The van der Waals surface area contributed by atoms with Gasteiger partial charge in [-0.05, 0) is 42.5 Å². The van der Waals surface area contributed by atoms with Gasteiger partial charge in [0.15, 0.2) is 0 Å². The first-order valence-electron chi connectivity index (χ1n) is 7.25. The fourth-order valence-electron chi connectivity index (χ4n) is 2.49. The van der Waals surface area contributed by atoms with E-state index in [0.29, 0.717) is 6.54 Å². The predicted octanol–water partition coefficient (Wildman–Crippen LogP) is 3.52. The number of anilines is 1. The van der Waals surface area contributed by atoms with Gasteiger partial charge in [0.05, 0.1) is 0 Å². The molecule has 2 N–H and O–H groups in total. The Morgan fingerprint density at radius 3 is 2.50 bits per heavy atom. The van der Waals surface area contributed by atoms with Gasteiger partial charge in [-0.15, -0.1) is 0 Å². The fourth-order valence-corrected chi connectivity index (χ4v) is 2.49. The van der Waals surface area contributed by atoms with Crippen LogP contribution in [0.15, 0.2) is 48.5 Å². The molecule has 0 amide bonds. The van der Waals surface area contributed by atoms with E-state index in [9.17, 15) is 0 Å². The summed E-state index contributed by atoms with van der Waals surface area (Å²) in [6, 6.07) is 17.1. The van der Waals surface area contributed by atoms with Gasteiger partial charge in [-0.25, -0.2) is 0 Å². The Morgan fingerprint density at radius 2 is 1.80 bits per heavy atom. The van der Waals surface area contributed by atoms with Crippen molar-refractivity contribution >= 4 is 5.69 Å². The lowest BCUT2D eigenvalue weighted by Crippen LogP contribution is -2.21. The lowest BCUT2D eigenvalue weighted by atomic mass is 10.1. The first-order valence-corrected chi connectivity index (χ1v) is 7.25. The summed E-state index contributed by atoms with van der Waals surface area (Å²) in [6.45, 7) is 3.77. The Morgan fingerprint density at radius 1 is 1.05 bits per heavy atom. The molecule has 0 heterocycles. The van der Waals surface area contributed by atoms with Crippen LogP contribution in [0.5, 0.6) is 0 Å². The molecule has 0 bridgehead atoms. The second kappa shape index (κ2) is 7.11. The molecule has 106 valence electrons. The summed E-state index contributed by atoms with van der Waals surface area (Å²) in [5, 5.41) is 0. The Balaban J connectivity index is 1.95. The SMILES string of the molecule is Cc1ccc(CN)c(N(C)CCCc2ccccc2)c1. The molecule has 0 aliphatic heterocycles. The van der Waals surface area contributed by atoms with Gasteiger partial charge in [-0.1, -0.05) is 42.5 Å². The van der Waals surface area contributed by atoms with Crippen LogP contribution in [0.4, 0.5) is 5.69 Å². The van der Waals surface area contributed by atoms with Crippen molar-refractivity contribution in [2.45, 2.75) is 26.3 Å². The maximum atomic E-state index is 5.83. The third-order valence-electron chi connectivity index (χ3n) is 3.67. The van der Waals surface area contributed by atoms with Crippen LogP contribution in [0.1, 0.15) is 23.1 Å². The average molecular weight is 268 g/mol. The van der Waals surface area contributed by atoms with Gasteiger partial charge in [0.25, 0.3) is 0 Å². The smallest absolute Gasteiger partial charge is 0.0411 e. The molecule has 0 atom stereocenters. The summed E-state index contributed by atoms with van der Waals surface area (Å²) in [6.07, 6.45) is 2.27. The number of rotatable bonds is 6. The van der Waals surface area contributed by atoms with Gasteiger partial charge < -0.3 is 10.6 Å². The van der Waals surface area contributed by atoms with Crippen molar-refractivity contribution in [3.05, 3.63) is 65.2 Å². The predicted molar refractivity (Wildman–Crippen MR) is 87.1 cm³/mol. The number of hydrogen-bond acceptors (Lipinski definition) is 2. The second-order valence-corrected chi connectivity index (χ2v) is 5.35. The van der Waals surface area contributed by atoms with E-state index >= 15 is 0 Å². The molecule has 0 fully saturated rings. The molecule has 0 saturated heterocycles. The molecule has 0 spiro atoms. The molecule has 2 aromatic carbocycles. The van der Waals surface area contributed by atoms with Crippen LogP contribution in [0.25, 0.3) is 0 Å². The maximum absolute atomic E-state index is 5.83. The van der Waals surface area contributed by atoms with E-state index in [0.717, 1.165) is 19.4 Å². The van der Waals surface area contributed by atoms with Crippen molar-refractivity contribution in [2.75, 3.05) is 18.5 Å². The van der Waals surface area contributed by atoms with Crippen LogP contribution in [0.2, 0.25) is 0 Å². The lowest BCUT2D eigenvalue weighted by Gasteiger charge is -2.22. The first kappa shape index (κ1) is 14.6. The molecule has 0 aliphatic carbocycles. The molecule has 2 aromatic rings. The summed E-state index contributed by atoms with van der Waals surface area (Å²) in [5.74, 6) is 0. The minimum absolute atomic E-state index is 0.596. The van der Waals surface area contributed by atoms with Gasteiger partial charge >= 0.3 is 0 Å². The zero-order valence-corrected chi connectivity index (χ0v) is 12.5. The van der Waals surface area contributed by atoms with Crippen LogP contribution in [-0.2, 0) is 13.0 Å². The third-order valence-corrected chi connectivity index (χ3v) is 3.67. The maximum Gasteiger partial charge on any atom is 0.0411 e. The molecule has 0 aromatic heterocycles. The minimum atomic E-state index is 0.596. The summed E-state index contributed by atoms with van der Waals surface area (Å²) >= 11 is 0. The van der Waals surface area contributed by atoms with Crippen molar-refractivity contribution in [1.82, 2.24) is 0 Å². The Hall–Kier alpha value is -1.80. The molecule has 0 radical (unpaired) electrons. The topological polar surface area (TPSA) is 29.3 Å². The highest BCUT2D eigenvalue weighted by Gasteiger charge is 2.06. The summed E-state index contributed by atoms with van der Waals surface area (Å²) in [7, 11) is 2.15. The molecule has 0 aliphatic rings. The van der Waals surface area contributed by atoms with Crippen molar-refractivity contribution in [3.63, 3.8) is 0 Å². The van der Waals surface area contributed by atoms with E-state index < -0.39 is 0 Å². The Bertz CT molecular complexity index is 534. The van der Waals surface area contributed by atoms with E-state index in [4.69, 9.17) is 5.73 Å². The Labute approximate surface area is 122 Å². The monoisotopic (exact) mass is 268 g/mol. The zero-order chi connectivity index (χ0) is 14.4. The number of hydrogen-bond donors (Lipinski definition) is 1. The highest BCUT2D eigenvalue weighted by molar-refractivity contribution is 5.54. The number of benzene rings is 2. The minimum Gasteiger partial charge on any atom is -0.374 e. The van der Waals surface area contributed by atoms with Crippen LogP contribution < -0.4 is 10.6 Å². The summed E-state index contributed by atoms with van der Waals surface area (Å²) in [4.78, 5) is 2.32. The molecule has 2 rings (SSSR count). The van der Waals surface area contributed by atoms with Crippen LogP contribution in [0.3, 0.4) is 0 Å². The molecule has 0 saturated carbocycles. The second-order valence-electron chi connectivity index (χ2n) is 5.35. The van der Waals surface area contributed by atoms with Crippen LogP contribution in [-0.4, -0.2) is 13.6 Å². The molecule has 0 unspecified atom stereocenters. The zero-order valence-electron chi connectivity index (χ0n) is 12.5. The normalized spacial score (nSPS) is 10.6. The van der Waals surface area contributed by atoms with Gasteiger partial charge in [-0.3, -0.25) is 0 Å². The molecule has 2 nitrogen and oxygen atoms in total. The van der Waals surface area contributed by atoms with Crippen LogP contribution in [0, 0.1) is 6.92 Å².